The lowest BCUT2D eigenvalue weighted by Crippen LogP contribution is -2.31. The van der Waals surface area contributed by atoms with E-state index in [2.05, 4.69) is 16.0 Å². The van der Waals surface area contributed by atoms with E-state index in [1.807, 2.05) is 6.07 Å². The van der Waals surface area contributed by atoms with Gasteiger partial charge in [0.15, 0.2) is 11.5 Å². The summed E-state index contributed by atoms with van der Waals surface area (Å²) in [7, 11) is 1.46. The number of phenolic OH excluding ortho intramolecular Hbond substituents is 1. The van der Waals surface area contributed by atoms with Gasteiger partial charge in [-0.3, -0.25) is 0 Å². The molecule has 0 amide bonds. The first-order chi connectivity index (χ1) is 15.6. The Kier molecular flexibility index (Phi) is 5.91. The number of ether oxygens (including phenoxy) is 1. The number of halogens is 1. The molecule has 0 saturated carbocycles. The first kappa shape index (κ1) is 21.1. The lowest BCUT2D eigenvalue weighted by atomic mass is 9.91. The number of aromatic nitrogens is 1. The van der Waals surface area contributed by atoms with E-state index in [4.69, 9.17) is 10.00 Å². The van der Waals surface area contributed by atoms with Crippen LogP contribution in [0.2, 0.25) is 0 Å². The molecule has 0 atom stereocenters. The van der Waals surface area contributed by atoms with E-state index >= 15 is 0 Å². The van der Waals surface area contributed by atoms with E-state index in [-0.39, 0.29) is 11.3 Å². The molecule has 1 saturated heterocycles. The maximum atomic E-state index is 14.5. The number of aromatic hydroxyl groups is 1. The monoisotopic (exact) mass is 428 g/mol. The van der Waals surface area contributed by atoms with Gasteiger partial charge in [0.1, 0.15) is 29.3 Å². The van der Waals surface area contributed by atoms with Crippen LogP contribution in [-0.4, -0.2) is 30.3 Å². The molecule has 0 bridgehead atoms. The summed E-state index contributed by atoms with van der Waals surface area (Å²) in [5.74, 6) is 0.167. The van der Waals surface area contributed by atoms with Crippen molar-refractivity contribution in [3.8, 4) is 45.9 Å². The van der Waals surface area contributed by atoms with Crippen LogP contribution in [0.4, 0.5) is 10.2 Å². The van der Waals surface area contributed by atoms with Crippen LogP contribution in [-0.2, 0) is 0 Å². The van der Waals surface area contributed by atoms with Crippen molar-refractivity contribution in [1.82, 2.24) is 4.98 Å². The lowest BCUT2D eigenvalue weighted by Gasteiger charge is -2.29. The Morgan fingerprint density at radius 3 is 2.41 bits per heavy atom. The number of anilines is 1. The fourth-order valence-corrected chi connectivity index (χ4v) is 4.09. The van der Waals surface area contributed by atoms with Crippen LogP contribution < -0.4 is 9.64 Å². The maximum absolute atomic E-state index is 14.5. The second-order valence-corrected chi connectivity index (χ2v) is 7.60. The summed E-state index contributed by atoms with van der Waals surface area (Å²) in [5.41, 5.74) is 2.42. The molecule has 3 aromatic rings. The minimum Gasteiger partial charge on any atom is -0.504 e. The fourth-order valence-electron chi connectivity index (χ4n) is 4.09. The van der Waals surface area contributed by atoms with Gasteiger partial charge in [-0.05, 0) is 54.7 Å². The molecular weight excluding hydrogens is 407 g/mol. The molecular formula is C25H21FN4O2. The largest absolute Gasteiger partial charge is 0.504 e. The molecule has 0 radical (unpaired) electrons. The van der Waals surface area contributed by atoms with Crippen molar-refractivity contribution in [2.45, 2.75) is 19.3 Å². The van der Waals surface area contributed by atoms with Crippen molar-refractivity contribution in [3.63, 3.8) is 0 Å². The predicted octanol–water partition coefficient (Wildman–Crippen LogP) is 5.00. The third kappa shape index (κ3) is 3.81. The highest BCUT2D eigenvalue weighted by atomic mass is 19.1. The van der Waals surface area contributed by atoms with E-state index in [1.165, 1.54) is 25.3 Å². The van der Waals surface area contributed by atoms with Crippen LogP contribution in [0.25, 0.3) is 22.3 Å². The number of nitriles is 2. The van der Waals surface area contributed by atoms with Gasteiger partial charge < -0.3 is 14.7 Å². The first-order valence-electron chi connectivity index (χ1n) is 10.3. The fraction of sp³-hybridized carbons (Fsp3) is 0.240. The van der Waals surface area contributed by atoms with E-state index in [1.54, 1.807) is 24.4 Å². The van der Waals surface area contributed by atoms with Crippen molar-refractivity contribution in [1.29, 1.82) is 10.5 Å². The minimum atomic E-state index is -0.659. The lowest BCUT2D eigenvalue weighted by molar-refractivity contribution is 0.373. The van der Waals surface area contributed by atoms with Crippen LogP contribution in [0.5, 0.6) is 11.5 Å². The number of methoxy groups -OCH3 is 1. The number of nitrogens with zero attached hydrogens (tertiary/aromatic N) is 4. The number of hydrogen-bond acceptors (Lipinski definition) is 6. The smallest absolute Gasteiger partial charge is 0.160 e. The standard InChI is InChI=1S/C25H21FN4O2/c1-32-23-8-7-16(12-22(23)31)20-15-29-25(30-9-3-2-4-10-30)19(14-28)24(20)17-5-6-18(13-27)21(26)11-17/h5-8,11-12,15,31H,2-4,9-10H2,1H3. The van der Waals surface area contributed by atoms with Crippen LogP contribution >= 0.6 is 0 Å². The normalized spacial score (nSPS) is 13.3. The van der Waals surface area contributed by atoms with E-state index in [9.17, 15) is 14.8 Å². The molecule has 4 rings (SSSR count). The van der Waals surface area contributed by atoms with Crippen molar-refractivity contribution >= 4 is 5.82 Å². The van der Waals surface area contributed by atoms with Gasteiger partial charge >= 0.3 is 0 Å². The molecule has 1 N–H and O–H groups in total. The number of benzene rings is 2. The highest BCUT2D eigenvalue weighted by Gasteiger charge is 2.23. The molecule has 1 aromatic heterocycles. The molecule has 160 valence electrons. The minimum absolute atomic E-state index is 0.0550. The quantitative estimate of drug-likeness (QED) is 0.628. The summed E-state index contributed by atoms with van der Waals surface area (Å²) >= 11 is 0. The van der Waals surface area contributed by atoms with Gasteiger partial charge in [0, 0.05) is 30.4 Å². The second-order valence-electron chi connectivity index (χ2n) is 7.60. The summed E-state index contributed by atoms with van der Waals surface area (Å²) in [5, 5.41) is 29.5. The van der Waals surface area contributed by atoms with Gasteiger partial charge in [0.05, 0.1) is 12.7 Å². The zero-order chi connectivity index (χ0) is 22.7. The Morgan fingerprint density at radius 1 is 1.03 bits per heavy atom. The van der Waals surface area contributed by atoms with Crippen molar-refractivity contribution in [2.75, 3.05) is 25.1 Å². The third-order valence-electron chi connectivity index (χ3n) is 5.69. The molecule has 1 aliphatic rings. The zero-order valence-corrected chi connectivity index (χ0v) is 17.6. The Labute approximate surface area is 185 Å². The third-order valence-corrected chi connectivity index (χ3v) is 5.69. The van der Waals surface area contributed by atoms with Crippen LogP contribution in [0.3, 0.4) is 0 Å². The van der Waals surface area contributed by atoms with E-state index < -0.39 is 5.82 Å². The topological polar surface area (TPSA) is 93.2 Å². The Balaban J connectivity index is 1.98. The molecule has 2 heterocycles. The Hall–Kier alpha value is -4.10. The molecule has 1 aliphatic heterocycles. The van der Waals surface area contributed by atoms with Crippen molar-refractivity contribution in [2.24, 2.45) is 0 Å². The average molecular weight is 428 g/mol. The zero-order valence-electron chi connectivity index (χ0n) is 17.6. The van der Waals surface area contributed by atoms with Gasteiger partial charge in [-0.15, -0.1) is 0 Å². The van der Waals surface area contributed by atoms with Crippen LogP contribution in [0.1, 0.15) is 30.4 Å². The summed E-state index contributed by atoms with van der Waals surface area (Å²) in [6.07, 6.45) is 4.82. The second kappa shape index (κ2) is 8.95. The molecule has 6 nitrogen and oxygen atoms in total. The molecule has 0 unspecified atom stereocenters. The predicted molar refractivity (Wildman–Crippen MR) is 119 cm³/mol. The van der Waals surface area contributed by atoms with Gasteiger partial charge in [-0.25, -0.2) is 9.37 Å². The van der Waals surface area contributed by atoms with Crippen LogP contribution in [0, 0.1) is 28.5 Å². The average Bonchev–Trinajstić information content (AvgIpc) is 2.83. The molecule has 2 aromatic carbocycles. The molecule has 32 heavy (non-hydrogen) atoms. The Morgan fingerprint density at radius 2 is 1.78 bits per heavy atom. The first-order valence-corrected chi connectivity index (χ1v) is 10.3. The Bertz CT molecular complexity index is 1250. The van der Waals surface area contributed by atoms with Gasteiger partial charge in [-0.1, -0.05) is 12.1 Å². The highest BCUT2D eigenvalue weighted by molar-refractivity contribution is 5.90. The van der Waals surface area contributed by atoms with Crippen molar-refractivity contribution in [3.05, 3.63) is 59.5 Å². The highest BCUT2D eigenvalue weighted by Crippen LogP contribution is 2.41. The summed E-state index contributed by atoms with van der Waals surface area (Å²) in [6, 6.07) is 13.3. The van der Waals surface area contributed by atoms with Gasteiger partial charge in [0.25, 0.3) is 0 Å². The summed E-state index contributed by atoms with van der Waals surface area (Å²) in [6.45, 7) is 1.59. The number of piperidine rings is 1. The summed E-state index contributed by atoms with van der Waals surface area (Å²) < 4.78 is 19.7. The van der Waals surface area contributed by atoms with E-state index in [0.29, 0.717) is 39.4 Å². The maximum Gasteiger partial charge on any atom is 0.160 e. The number of hydrogen-bond donors (Lipinski definition) is 1. The van der Waals surface area contributed by atoms with Gasteiger partial charge in [-0.2, -0.15) is 10.5 Å². The summed E-state index contributed by atoms with van der Waals surface area (Å²) in [4.78, 5) is 6.69. The number of phenols is 1. The van der Waals surface area contributed by atoms with Crippen LogP contribution in [0.15, 0.2) is 42.6 Å². The SMILES string of the molecule is COc1ccc(-c2cnc(N3CCCCC3)c(C#N)c2-c2ccc(C#N)c(F)c2)cc1O. The van der Waals surface area contributed by atoms with E-state index in [0.717, 1.165) is 32.4 Å². The molecule has 0 aliphatic carbocycles. The molecule has 7 heteroatoms. The molecule has 0 spiro atoms. The van der Waals surface area contributed by atoms with Crippen molar-refractivity contribution < 1.29 is 14.2 Å². The van der Waals surface area contributed by atoms with Gasteiger partial charge in [0.2, 0.25) is 0 Å². The number of pyridine rings is 1. The molecule has 1 fully saturated rings. The number of rotatable bonds is 4.